The zero-order valence-corrected chi connectivity index (χ0v) is 13.6. The largest absolute Gasteiger partial charge is 0.380 e. The zero-order valence-electron chi connectivity index (χ0n) is 12.8. The lowest BCUT2D eigenvalue weighted by Crippen LogP contribution is -2.48. The van der Waals surface area contributed by atoms with Crippen LogP contribution in [0.1, 0.15) is 30.9 Å². The van der Waals surface area contributed by atoms with E-state index in [9.17, 15) is 4.79 Å². The zero-order chi connectivity index (χ0) is 14.4. The second kappa shape index (κ2) is 8.37. The topological polar surface area (TPSA) is 50.4 Å². The monoisotopic (exact) mass is 312 g/mol. The van der Waals surface area contributed by atoms with E-state index in [-0.39, 0.29) is 23.7 Å². The highest BCUT2D eigenvalue weighted by Gasteiger charge is 2.34. The predicted octanol–water partition coefficient (Wildman–Crippen LogP) is 2.26. The third-order valence-electron chi connectivity index (χ3n) is 3.90. The molecule has 1 fully saturated rings. The molecule has 1 saturated heterocycles. The first kappa shape index (κ1) is 18.0. The molecule has 0 aromatic heterocycles. The van der Waals surface area contributed by atoms with E-state index in [0.717, 1.165) is 37.1 Å². The second-order valence-electron chi connectivity index (χ2n) is 5.78. The predicted molar refractivity (Wildman–Crippen MR) is 86.5 cm³/mol. The van der Waals surface area contributed by atoms with Gasteiger partial charge in [-0.1, -0.05) is 24.3 Å². The van der Waals surface area contributed by atoms with Gasteiger partial charge in [0.2, 0.25) is 5.91 Å². The number of hydrogen-bond acceptors (Lipinski definition) is 3. The molecule has 1 atom stereocenters. The molecule has 0 aliphatic carbocycles. The molecule has 1 aromatic rings. The van der Waals surface area contributed by atoms with E-state index in [1.54, 1.807) is 7.11 Å². The summed E-state index contributed by atoms with van der Waals surface area (Å²) < 4.78 is 5.12. The summed E-state index contributed by atoms with van der Waals surface area (Å²) >= 11 is 0. The molecule has 1 aromatic carbocycles. The fraction of sp³-hybridized carbons (Fsp3) is 0.562. The summed E-state index contributed by atoms with van der Waals surface area (Å²) in [5.74, 6) is 0.141. The van der Waals surface area contributed by atoms with Crippen molar-refractivity contribution < 1.29 is 9.53 Å². The molecule has 21 heavy (non-hydrogen) atoms. The minimum Gasteiger partial charge on any atom is -0.380 e. The normalized spacial score (nSPS) is 21.4. The van der Waals surface area contributed by atoms with Gasteiger partial charge in [-0.05, 0) is 37.4 Å². The Morgan fingerprint density at radius 2 is 2.19 bits per heavy atom. The van der Waals surface area contributed by atoms with E-state index in [1.165, 1.54) is 0 Å². The van der Waals surface area contributed by atoms with Crippen molar-refractivity contribution in [1.82, 2.24) is 10.6 Å². The maximum Gasteiger partial charge on any atom is 0.227 e. The van der Waals surface area contributed by atoms with E-state index in [2.05, 4.69) is 16.7 Å². The molecule has 1 unspecified atom stereocenters. The minimum absolute atomic E-state index is 0. The van der Waals surface area contributed by atoms with E-state index in [0.29, 0.717) is 13.2 Å². The van der Waals surface area contributed by atoms with Crippen LogP contribution in [0.2, 0.25) is 0 Å². The number of halogens is 1. The summed E-state index contributed by atoms with van der Waals surface area (Å²) in [4.78, 5) is 12.3. The van der Waals surface area contributed by atoms with Crippen molar-refractivity contribution in [2.75, 3.05) is 20.2 Å². The van der Waals surface area contributed by atoms with Crippen molar-refractivity contribution in [2.24, 2.45) is 5.41 Å². The summed E-state index contributed by atoms with van der Waals surface area (Å²) in [6, 6.07) is 8.13. The van der Waals surface area contributed by atoms with Crippen LogP contribution in [0.25, 0.3) is 0 Å². The van der Waals surface area contributed by atoms with Gasteiger partial charge in [-0.2, -0.15) is 0 Å². The third kappa shape index (κ3) is 4.99. The van der Waals surface area contributed by atoms with E-state index in [1.807, 2.05) is 25.1 Å². The van der Waals surface area contributed by atoms with Gasteiger partial charge in [-0.25, -0.2) is 0 Å². The molecule has 1 heterocycles. The summed E-state index contributed by atoms with van der Waals surface area (Å²) in [6.07, 6.45) is 2.02. The van der Waals surface area contributed by atoms with Crippen LogP contribution in [0.15, 0.2) is 24.3 Å². The first-order valence-corrected chi connectivity index (χ1v) is 7.20. The number of carbonyl (C=O) groups is 1. The Balaban J connectivity index is 0.00000220. The summed E-state index contributed by atoms with van der Waals surface area (Å²) in [6.45, 7) is 5.00. The maximum atomic E-state index is 12.3. The van der Waals surface area contributed by atoms with Gasteiger partial charge in [-0.15, -0.1) is 12.4 Å². The standard InChI is InChI=1S/C16H24N2O2.ClH/c1-16(7-4-8-17-12-16)15(19)18-10-13-5-3-6-14(9-13)11-20-2;/h3,5-6,9,17H,4,7-8,10-12H2,1-2H3,(H,18,19);1H. The quantitative estimate of drug-likeness (QED) is 0.877. The van der Waals surface area contributed by atoms with Gasteiger partial charge in [0.25, 0.3) is 0 Å². The van der Waals surface area contributed by atoms with Gasteiger partial charge >= 0.3 is 0 Å². The van der Waals surface area contributed by atoms with Crippen molar-refractivity contribution in [3.05, 3.63) is 35.4 Å². The molecule has 0 radical (unpaired) electrons. The molecule has 0 bridgehead atoms. The van der Waals surface area contributed by atoms with E-state index >= 15 is 0 Å². The summed E-state index contributed by atoms with van der Waals surface area (Å²) in [7, 11) is 1.69. The van der Waals surface area contributed by atoms with Gasteiger partial charge in [0.1, 0.15) is 0 Å². The van der Waals surface area contributed by atoms with E-state index < -0.39 is 0 Å². The molecule has 2 rings (SSSR count). The number of hydrogen-bond donors (Lipinski definition) is 2. The van der Waals surface area contributed by atoms with Gasteiger partial charge < -0.3 is 15.4 Å². The van der Waals surface area contributed by atoms with Gasteiger partial charge in [0, 0.05) is 20.2 Å². The minimum atomic E-state index is -0.275. The number of carbonyl (C=O) groups excluding carboxylic acids is 1. The van der Waals surface area contributed by atoms with E-state index in [4.69, 9.17) is 4.74 Å². The summed E-state index contributed by atoms with van der Waals surface area (Å²) in [5.41, 5.74) is 1.97. The fourth-order valence-corrected chi connectivity index (χ4v) is 2.64. The van der Waals surface area contributed by atoms with Crippen molar-refractivity contribution in [3.63, 3.8) is 0 Å². The van der Waals surface area contributed by atoms with Crippen LogP contribution >= 0.6 is 12.4 Å². The highest BCUT2D eigenvalue weighted by atomic mass is 35.5. The van der Waals surface area contributed by atoms with Crippen molar-refractivity contribution in [3.8, 4) is 0 Å². The Hall–Kier alpha value is -1.10. The number of methoxy groups -OCH3 is 1. The van der Waals surface area contributed by atoms with Crippen LogP contribution in [-0.4, -0.2) is 26.1 Å². The van der Waals surface area contributed by atoms with Crippen LogP contribution in [0, 0.1) is 5.41 Å². The molecule has 4 nitrogen and oxygen atoms in total. The van der Waals surface area contributed by atoms with Crippen LogP contribution < -0.4 is 10.6 Å². The lowest BCUT2D eigenvalue weighted by molar-refractivity contribution is -0.131. The first-order valence-electron chi connectivity index (χ1n) is 7.20. The van der Waals surface area contributed by atoms with Crippen molar-refractivity contribution >= 4 is 18.3 Å². The van der Waals surface area contributed by atoms with Crippen LogP contribution in [-0.2, 0) is 22.7 Å². The Kier molecular flexibility index (Phi) is 7.15. The number of benzene rings is 1. The Bertz CT molecular complexity index is 459. The Morgan fingerprint density at radius 1 is 1.43 bits per heavy atom. The van der Waals surface area contributed by atoms with Gasteiger partial charge in [0.15, 0.2) is 0 Å². The third-order valence-corrected chi connectivity index (χ3v) is 3.90. The average Bonchev–Trinajstić information content (AvgIpc) is 2.46. The Morgan fingerprint density at radius 3 is 2.86 bits per heavy atom. The fourth-order valence-electron chi connectivity index (χ4n) is 2.64. The van der Waals surface area contributed by atoms with Gasteiger partial charge in [-0.3, -0.25) is 4.79 Å². The number of amides is 1. The lowest BCUT2D eigenvalue weighted by atomic mass is 9.82. The average molecular weight is 313 g/mol. The molecular formula is C16H25ClN2O2. The van der Waals surface area contributed by atoms with Crippen molar-refractivity contribution in [1.29, 1.82) is 0 Å². The smallest absolute Gasteiger partial charge is 0.227 e. The molecule has 1 amide bonds. The molecular weight excluding hydrogens is 288 g/mol. The van der Waals surface area contributed by atoms with Crippen LogP contribution in [0.3, 0.4) is 0 Å². The molecule has 118 valence electrons. The lowest BCUT2D eigenvalue weighted by Gasteiger charge is -2.32. The number of ether oxygens (including phenoxy) is 1. The summed E-state index contributed by atoms with van der Waals surface area (Å²) in [5, 5.41) is 6.36. The number of nitrogens with one attached hydrogen (secondary N) is 2. The number of piperidine rings is 1. The molecule has 5 heteroatoms. The molecule has 0 spiro atoms. The SMILES string of the molecule is COCc1cccc(CNC(=O)C2(C)CCCNC2)c1.Cl. The highest BCUT2D eigenvalue weighted by molar-refractivity contribution is 5.85. The molecule has 2 N–H and O–H groups in total. The van der Waals surface area contributed by atoms with Crippen molar-refractivity contribution in [2.45, 2.75) is 32.9 Å². The molecule has 0 saturated carbocycles. The maximum absolute atomic E-state index is 12.3. The first-order chi connectivity index (χ1) is 9.64. The molecule has 1 aliphatic rings. The highest BCUT2D eigenvalue weighted by Crippen LogP contribution is 2.25. The number of rotatable bonds is 5. The Labute approximate surface area is 133 Å². The second-order valence-corrected chi connectivity index (χ2v) is 5.78. The van der Waals surface area contributed by atoms with Gasteiger partial charge in [0.05, 0.1) is 12.0 Å². The molecule has 1 aliphatic heterocycles. The van der Waals surface area contributed by atoms with Crippen LogP contribution in [0.5, 0.6) is 0 Å². The van der Waals surface area contributed by atoms with Crippen LogP contribution in [0.4, 0.5) is 0 Å².